The number of aromatic nitrogens is 1. The molecule has 1 amide bonds. The summed E-state index contributed by atoms with van der Waals surface area (Å²) in [7, 11) is 1.27. The summed E-state index contributed by atoms with van der Waals surface area (Å²) in [5.41, 5.74) is -0.0293. The average Bonchev–Trinajstić information content (AvgIpc) is 2.89. The average molecular weight is 509 g/mol. The van der Waals surface area contributed by atoms with E-state index in [0.29, 0.717) is 24.3 Å². The Morgan fingerprint density at radius 3 is 2.38 bits per heavy atom. The zero-order chi connectivity index (χ0) is 26.7. The Hall–Kier alpha value is -4.54. The SMILES string of the molecule is COc1ccc(C(=O)C(C(=O)N2CCN(c3ccccc3F)CC2)n2ccc(C)cc2=O)cc1[N+](=O)[O-]. The number of rotatable bonds is 7. The molecule has 1 aliphatic heterocycles. The monoisotopic (exact) mass is 508 g/mol. The van der Waals surface area contributed by atoms with E-state index in [-0.39, 0.29) is 30.2 Å². The molecule has 1 fully saturated rings. The molecular formula is C26H25FN4O6. The summed E-state index contributed by atoms with van der Waals surface area (Å²) in [6.45, 7) is 2.74. The quantitative estimate of drug-likeness (QED) is 0.209. The van der Waals surface area contributed by atoms with E-state index < -0.39 is 33.9 Å². The van der Waals surface area contributed by atoms with Crippen LogP contribution in [0.15, 0.2) is 65.6 Å². The van der Waals surface area contributed by atoms with Gasteiger partial charge in [0.05, 0.1) is 17.7 Å². The van der Waals surface area contributed by atoms with Crippen LogP contribution in [0.4, 0.5) is 15.8 Å². The van der Waals surface area contributed by atoms with Crippen LogP contribution in [-0.2, 0) is 4.79 Å². The van der Waals surface area contributed by atoms with Gasteiger partial charge in [0, 0.05) is 50.1 Å². The molecule has 0 spiro atoms. The van der Waals surface area contributed by atoms with Crippen LogP contribution in [0.3, 0.4) is 0 Å². The van der Waals surface area contributed by atoms with Crippen LogP contribution in [0.5, 0.6) is 5.75 Å². The van der Waals surface area contributed by atoms with Crippen molar-refractivity contribution >= 4 is 23.1 Å². The Morgan fingerprint density at radius 1 is 1.05 bits per heavy atom. The second-order valence-corrected chi connectivity index (χ2v) is 8.62. The van der Waals surface area contributed by atoms with E-state index in [0.717, 1.165) is 10.6 Å². The Morgan fingerprint density at radius 2 is 1.76 bits per heavy atom. The number of ketones is 1. The first-order valence-electron chi connectivity index (χ1n) is 11.5. The van der Waals surface area contributed by atoms with Crippen molar-refractivity contribution in [2.24, 2.45) is 0 Å². The highest BCUT2D eigenvalue weighted by atomic mass is 19.1. The lowest BCUT2D eigenvalue weighted by Crippen LogP contribution is -2.52. The molecule has 1 saturated heterocycles. The lowest BCUT2D eigenvalue weighted by molar-refractivity contribution is -0.385. The summed E-state index contributed by atoms with van der Waals surface area (Å²) in [5.74, 6) is -1.80. The van der Waals surface area contributed by atoms with Gasteiger partial charge in [-0.15, -0.1) is 0 Å². The van der Waals surface area contributed by atoms with Gasteiger partial charge in [-0.05, 0) is 42.8 Å². The van der Waals surface area contributed by atoms with Gasteiger partial charge in [-0.3, -0.25) is 29.1 Å². The highest BCUT2D eigenvalue weighted by molar-refractivity contribution is 6.12. The maximum absolute atomic E-state index is 14.2. The van der Waals surface area contributed by atoms with Gasteiger partial charge in [0.2, 0.25) is 0 Å². The third kappa shape index (κ3) is 5.20. The molecule has 0 radical (unpaired) electrons. The molecule has 1 aliphatic rings. The number of amides is 1. The maximum Gasteiger partial charge on any atom is 0.311 e. The van der Waals surface area contributed by atoms with Gasteiger partial charge in [-0.25, -0.2) is 4.39 Å². The number of carbonyl (C=O) groups excluding carboxylic acids is 2. The molecule has 0 aliphatic carbocycles. The summed E-state index contributed by atoms with van der Waals surface area (Å²) in [6.07, 6.45) is 1.37. The number of anilines is 1. The molecule has 2 heterocycles. The molecule has 4 rings (SSSR count). The Bertz CT molecular complexity index is 1410. The minimum Gasteiger partial charge on any atom is -0.490 e. The Balaban J connectivity index is 1.66. The first-order valence-corrected chi connectivity index (χ1v) is 11.5. The highest BCUT2D eigenvalue weighted by Gasteiger charge is 2.36. The number of carbonyl (C=O) groups is 2. The van der Waals surface area contributed by atoms with Crippen molar-refractivity contribution in [1.82, 2.24) is 9.47 Å². The van der Waals surface area contributed by atoms with Crippen molar-refractivity contribution in [1.29, 1.82) is 0 Å². The second kappa shape index (κ2) is 10.6. The molecule has 1 aromatic heterocycles. The largest absolute Gasteiger partial charge is 0.490 e. The van der Waals surface area contributed by atoms with Crippen LogP contribution in [0.1, 0.15) is 22.0 Å². The van der Waals surface area contributed by atoms with Crippen molar-refractivity contribution < 1.29 is 23.6 Å². The van der Waals surface area contributed by atoms with E-state index in [2.05, 4.69) is 0 Å². The van der Waals surface area contributed by atoms with Crippen LogP contribution in [-0.4, -0.2) is 59.4 Å². The van der Waals surface area contributed by atoms with Gasteiger partial charge in [-0.2, -0.15) is 0 Å². The first-order chi connectivity index (χ1) is 17.7. The van der Waals surface area contributed by atoms with Crippen molar-refractivity contribution in [3.05, 3.63) is 98.2 Å². The van der Waals surface area contributed by atoms with Gasteiger partial charge in [0.15, 0.2) is 17.6 Å². The number of hydrogen-bond donors (Lipinski definition) is 0. The first kappa shape index (κ1) is 25.5. The van der Waals surface area contributed by atoms with Crippen molar-refractivity contribution in [2.75, 3.05) is 38.2 Å². The summed E-state index contributed by atoms with van der Waals surface area (Å²) in [4.78, 5) is 54.2. The number of ether oxygens (including phenoxy) is 1. The molecule has 37 heavy (non-hydrogen) atoms. The van der Waals surface area contributed by atoms with Crippen molar-refractivity contribution in [2.45, 2.75) is 13.0 Å². The van der Waals surface area contributed by atoms with Crippen molar-refractivity contribution in [3.63, 3.8) is 0 Å². The summed E-state index contributed by atoms with van der Waals surface area (Å²) in [5, 5.41) is 11.5. The summed E-state index contributed by atoms with van der Waals surface area (Å²) in [6, 6.07) is 11.3. The van der Waals surface area contributed by atoms with E-state index in [1.807, 2.05) is 0 Å². The van der Waals surface area contributed by atoms with Gasteiger partial charge in [0.1, 0.15) is 5.82 Å². The number of nitrogens with zero attached hydrogens (tertiary/aromatic N) is 4. The third-order valence-corrected chi connectivity index (χ3v) is 6.31. The predicted molar refractivity (Wildman–Crippen MR) is 134 cm³/mol. The van der Waals surface area contributed by atoms with E-state index >= 15 is 0 Å². The molecule has 0 N–H and O–H groups in total. The fraction of sp³-hybridized carbons (Fsp3) is 0.269. The Labute approximate surface area is 211 Å². The number of nitro groups is 1. The van der Waals surface area contributed by atoms with E-state index in [9.17, 15) is 28.9 Å². The molecular weight excluding hydrogens is 483 g/mol. The second-order valence-electron chi connectivity index (χ2n) is 8.62. The molecule has 1 atom stereocenters. The standard InChI is InChI=1S/C26H25FN4O6/c1-17-9-10-30(23(32)15-17)24(25(33)18-7-8-22(37-2)21(16-18)31(35)36)26(34)29-13-11-28(12-14-29)20-6-4-3-5-19(20)27/h3-10,15-16,24H,11-14H2,1-2H3. The van der Waals surface area contributed by atoms with E-state index in [4.69, 9.17) is 4.74 Å². The number of piperazine rings is 1. The van der Waals surface area contributed by atoms with Crippen LogP contribution < -0.4 is 15.2 Å². The number of para-hydroxylation sites is 1. The number of methoxy groups -OCH3 is 1. The molecule has 0 bridgehead atoms. The number of pyridine rings is 1. The smallest absolute Gasteiger partial charge is 0.311 e. The maximum atomic E-state index is 14.2. The lowest BCUT2D eigenvalue weighted by Gasteiger charge is -2.37. The minimum absolute atomic E-state index is 0.0406. The fourth-order valence-electron chi connectivity index (χ4n) is 4.35. The van der Waals surface area contributed by atoms with Crippen LogP contribution >= 0.6 is 0 Å². The predicted octanol–water partition coefficient (Wildman–Crippen LogP) is 2.99. The number of halogens is 1. The van der Waals surface area contributed by atoms with Crippen molar-refractivity contribution in [3.8, 4) is 5.75 Å². The highest BCUT2D eigenvalue weighted by Crippen LogP contribution is 2.30. The van der Waals surface area contributed by atoms with Gasteiger partial charge >= 0.3 is 5.69 Å². The van der Waals surface area contributed by atoms with Crippen LogP contribution in [0, 0.1) is 22.9 Å². The van der Waals surface area contributed by atoms with Crippen LogP contribution in [0.2, 0.25) is 0 Å². The number of nitro benzene ring substituents is 1. The fourth-order valence-corrected chi connectivity index (χ4v) is 4.35. The van der Waals surface area contributed by atoms with E-state index in [1.54, 1.807) is 36.1 Å². The van der Waals surface area contributed by atoms with Crippen LogP contribution in [0.25, 0.3) is 0 Å². The number of aryl methyl sites for hydroxylation is 1. The van der Waals surface area contributed by atoms with Gasteiger partial charge in [0.25, 0.3) is 11.5 Å². The Kier molecular flexibility index (Phi) is 7.32. The molecule has 10 nitrogen and oxygen atoms in total. The number of Topliss-reactive ketones (excluding diaryl/α,β-unsaturated/α-hetero) is 1. The van der Waals surface area contributed by atoms with E-state index in [1.165, 1.54) is 42.5 Å². The molecule has 1 unspecified atom stereocenters. The minimum atomic E-state index is -1.57. The molecule has 0 saturated carbocycles. The summed E-state index contributed by atoms with van der Waals surface area (Å²) < 4.78 is 20.3. The zero-order valence-corrected chi connectivity index (χ0v) is 20.3. The third-order valence-electron chi connectivity index (χ3n) is 6.31. The number of hydrogen-bond acceptors (Lipinski definition) is 7. The molecule has 3 aromatic rings. The lowest BCUT2D eigenvalue weighted by atomic mass is 10.0. The number of benzene rings is 2. The summed E-state index contributed by atoms with van der Waals surface area (Å²) >= 11 is 0. The molecule has 2 aromatic carbocycles. The normalized spacial score (nSPS) is 14.2. The van der Waals surface area contributed by atoms with Gasteiger partial charge < -0.3 is 14.5 Å². The molecule has 11 heteroatoms. The zero-order valence-electron chi connectivity index (χ0n) is 20.3. The molecule has 192 valence electrons. The van der Waals surface area contributed by atoms with Gasteiger partial charge in [-0.1, -0.05) is 12.1 Å². The topological polar surface area (TPSA) is 115 Å².